The third kappa shape index (κ3) is 3.16. The molecule has 4 nitrogen and oxygen atoms in total. The summed E-state index contributed by atoms with van der Waals surface area (Å²) in [5.41, 5.74) is 5.84. The Labute approximate surface area is 136 Å². The van der Waals surface area contributed by atoms with Crippen LogP contribution in [-0.4, -0.2) is 22.0 Å². The molecule has 4 heteroatoms. The molecule has 1 aromatic carbocycles. The highest BCUT2D eigenvalue weighted by molar-refractivity contribution is 5.83. The lowest BCUT2D eigenvalue weighted by Crippen LogP contribution is -2.27. The molecule has 3 aromatic rings. The van der Waals surface area contributed by atoms with E-state index >= 15 is 0 Å². The first kappa shape index (κ1) is 15.4. The third-order valence-corrected chi connectivity index (χ3v) is 4.62. The zero-order chi connectivity index (χ0) is 16.4. The van der Waals surface area contributed by atoms with Gasteiger partial charge >= 0.3 is 0 Å². The number of aromatic nitrogens is 2. The van der Waals surface area contributed by atoms with Gasteiger partial charge in [0, 0.05) is 42.1 Å². The Hall–Kier alpha value is -2.49. The van der Waals surface area contributed by atoms with E-state index in [1.807, 2.05) is 25.4 Å². The highest BCUT2D eigenvalue weighted by Crippen LogP contribution is 2.18. The van der Waals surface area contributed by atoms with Crippen LogP contribution in [0.2, 0.25) is 0 Å². The highest BCUT2D eigenvalue weighted by Gasteiger charge is 2.10. The van der Waals surface area contributed by atoms with Crippen LogP contribution >= 0.6 is 0 Å². The molecule has 0 aliphatic rings. The summed E-state index contributed by atoms with van der Waals surface area (Å²) in [6.07, 6.45) is 3.31. The second-order valence-corrected chi connectivity index (χ2v) is 6.09. The first-order valence-electron chi connectivity index (χ1n) is 7.99. The first-order valence-corrected chi connectivity index (χ1v) is 7.99. The fourth-order valence-electron chi connectivity index (χ4n) is 3.02. The van der Waals surface area contributed by atoms with Gasteiger partial charge in [-0.1, -0.05) is 18.2 Å². The van der Waals surface area contributed by atoms with E-state index in [9.17, 15) is 4.79 Å². The van der Waals surface area contributed by atoms with Gasteiger partial charge in [0.2, 0.25) is 5.91 Å². The van der Waals surface area contributed by atoms with Gasteiger partial charge in [0.1, 0.15) is 0 Å². The molecular weight excluding hydrogens is 286 g/mol. The van der Waals surface area contributed by atoms with E-state index in [1.54, 1.807) is 0 Å². The normalized spacial score (nSPS) is 11.1. The van der Waals surface area contributed by atoms with Crippen molar-refractivity contribution in [1.82, 2.24) is 14.9 Å². The molecule has 0 fully saturated rings. The van der Waals surface area contributed by atoms with E-state index in [1.165, 1.54) is 16.6 Å². The minimum absolute atomic E-state index is 0.0820. The average molecular weight is 309 g/mol. The molecular formula is C19H23N3O. The molecule has 0 aliphatic heterocycles. The summed E-state index contributed by atoms with van der Waals surface area (Å²) >= 11 is 0. The molecule has 2 heterocycles. The van der Waals surface area contributed by atoms with Crippen LogP contribution in [0.5, 0.6) is 0 Å². The number of H-pyrrole nitrogens is 1. The fourth-order valence-corrected chi connectivity index (χ4v) is 3.02. The lowest BCUT2D eigenvalue weighted by molar-refractivity contribution is -0.120. The van der Waals surface area contributed by atoms with Gasteiger partial charge in [0.25, 0.3) is 0 Å². The molecule has 2 N–H and O–H groups in total. The van der Waals surface area contributed by atoms with Crippen molar-refractivity contribution in [3.05, 3.63) is 59.0 Å². The van der Waals surface area contributed by atoms with E-state index in [0.29, 0.717) is 13.0 Å². The van der Waals surface area contributed by atoms with Crippen molar-refractivity contribution in [2.75, 3.05) is 6.54 Å². The number of carbonyl (C=O) groups excluding carboxylic acids is 1. The molecule has 0 saturated carbocycles. The Balaban J connectivity index is 1.56. The van der Waals surface area contributed by atoms with Crippen molar-refractivity contribution in [2.45, 2.75) is 26.7 Å². The molecule has 0 saturated heterocycles. The smallest absolute Gasteiger partial charge is 0.224 e. The number of para-hydroxylation sites is 1. The van der Waals surface area contributed by atoms with Crippen LogP contribution in [0.25, 0.3) is 10.9 Å². The summed E-state index contributed by atoms with van der Waals surface area (Å²) in [5, 5.41) is 4.26. The number of rotatable bonds is 5. The van der Waals surface area contributed by atoms with Crippen LogP contribution in [0.15, 0.2) is 36.5 Å². The van der Waals surface area contributed by atoms with E-state index in [0.717, 1.165) is 23.2 Å². The quantitative estimate of drug-likeness (QED) is 0.748. The molecule has 1 amide bonds. The second-order valence-electron chi connectivity index (χ2n) is 6.09. The van der Waals surface area contributed by atoms with Crippen LogP contribution in [0.1, 0.15) is 22.5 Å². The molecule has 0 aliphatic carbocycles. The third-order valence-electron chi connectivity index (χ3n) is 4.62. The van der Waals surface area contributed by atoms with E-state index in [2.05, 4.69) is 46.9 Å². The Morgan fingerprint density at radius 1 is 1.22 bits per heavy atom. The van der Waals surface area contributed by atoms with Gasteiger partial charge in [-0.25, -0.2) is 0 Å². The Kier molecular flexibility index (Phi) is 4.24. The van der Waals surface area contributed by atoms with Crippen molar-refractivity contribution in [3.8, 4) is 0 Å². The zero-order valence-corrected chi connectivity index (χ0v) is 13.9. The zero-order valence-electron chi connectivity index (χ0n) is 13.9. The molecule has 120 valence electrons. The molecule has 23 heavy (non-hydrogen) atoms. The number of nitrogens with one attached hydrogen (secondary N) is 2. The van der Waals surface area contributed by atoms with Gasteiger partial charge in [-0.15, -0.1) is 0 Å². The number of hydrogen-bond acceptors (Lipinski definition) is 1. The maximum atomic E-state index is 12.1. The highest BCUT2D eigenvalue weighted by atomic mass is 16.1. The lowest BCUT2D eigenvalue weighted by atomic mass is 10.1. The first-order chi connectivity index (χ1) is 11.1. The minimum atomic E-state index is 0.0820. The Morgan fingerprint density at radius 3 is 2.74 bits per heavy atom. The lowest BCUT2D eigenvalue weighted by Gasteiger charge is -2.05. The molecule has 3 rings (SSSR count). The standard InChI is InChI=1S/C19H23N3O/c1-13-10-16(14(2)22(13)3)11-19(23)20-9-8-15-12-21-18-7-5-4-6-17(15)18/h4-7,10,12,21H,8-9,11H2,1-3H3,(H,20,23). The molecule has 0 unspecified atom stereocenters. The number of amides is 1. The van der Waals surface area contributed by atoms with Crippen LogP contribution in [0.3, 0.4) is 0 Å². The predicted octanol–water partition coefficient (Wildman–Crippen LogP) is 3.02. The fraction of sp³-hybridized carbons (Fsp3) is 0.316. The number of hydrogen-bond donors (Lipinski definition) is 2. The van der Waals surface area contributed by atoms with Crippen LogP contribution < -0.4 is 5.32 Å². The van der Waals surface area contributed by atoms with Crippen molar-refractivity contribution in [2.24, 2.45) is 7.05 Å². The monoisotopic (exact) mass is 309 g/mol. The molecule has 0 spiro atoms. The SMILES string of the molecule is Cc1cc(CC(=O)NCCc2c[nH]c3ccccc23)c(C)n1C. The largest absolute Gasteiger partial charge is 0.361 e. The molecule has 0 radical (unpaired) electrons. The Morgan fingerprint density at radius 2 is 2.00 bits per heavy atom. The maximum absolute atomic E-state index is 12.1. The number of fused-ring (bicyclic) bond motifs is 1. The molecule has 0 atom stereocenters. The van der Waals surface area contributed by atoms with Crippen molar-refractivity contribution < 1.29 is 4.79 Å². The second kappa shape index (κ2) is 6.32. The maximum Gasteiger partial charge on any atom is 0.224 e. The number of aromatic amines is 1. The topological polar surface area (TPSA) is 49.8 Å². The van der Waals surface area contributed by atoms with Crippen LogP contribution in [0, 0.1) is 13.8 Å². The van der Waals surface area contributed by atoms with Gasteiger partial charge in [-0.2, -0.15) is 0 Å². The summed E-state index contributed by atoms with van der Waals surface area (Å²) in [6, 6.07) is 10.3. The summed E-state index contributed by atoms with van der Waals surface area (Å²) < 4.78 is 2.12. The number of benzene rings is 1. The summed E-state index contributed by atoms with van der Waals surface area (Å²) in [4.78, 5) is 15.4. The predicted molar refractivity (Wildman–Crippen MR) is 93.6 cm³/mol. The van der Waals surface area contributed by atoms with Gasteiger partial charge in [0.15, 0.2) is 0 Å². The van der Waals surface area contributed by atoms with Gasteiger partial charge in [-0.3, -0.25) is 4.79 Å². The number of nitrogens with zero attached hydrogens (tertiary/aromatic N) is 1. The van der Waals surface area contributed by atoms with Crippen LogP contribution in [0.4, 0.5) is 0 Å². The summed E-state index contributed by atoms with van der Waals surface area (Å²) in [6.45, 7) is 4.78. The number of carbonyl (C=O) groups is 1. The Bertz CT molecular complexity index is 842. The van der Waals surface area contributed by atoms with E-state index in [4.69, 9.17) is 0 Å². The van der Waals surface area contributed by atoms with Crippen molar-refractivity contribution in [1.29, 1.82) is 0 Å². The van der Waals surface area contributed by atoms with Crippen molar-refractivity contribution >= 4 is 16.8 Å². The van der Waals surface area contributed by atoms with Gasteiger partial charge in [0.05, 0.1) is 6.42 Å². The van der Waals surface area contributed by atoms with Crippen LogP contribution in [-0.2, 0) is 24.7 Å². The minimum Gasteiger partial charge on any atom is -0.361 e. The van der Waals surface area contributed by atoms with E-state index < -0.39 is 0 Å². The number of aryl methyl sites for hydroxylation is 1. The average Bonchev–Trinajstić information content (AvgIpc) is 3.05. The van der Waals surface area contributed by atoms with Gasteiger partial charge < -0.3 is 14.9 Å². The van der Waals surface area contributed by atoms with Gasteiger partial charge in [-0.05, 0) is 43.5 Å². The van der Waals surface area contributed by atoms with E-state index in [-0.39, 0.29) is 5.91 Å². The summed E-state index contributed by atoms with van der Waals surface area (Å²) in [5.74, 6) is 0.0820. The van der Waals surface area contributed by atoms with Crippen molar-refractivity contribution in [3.63, 3.8) is 0 Å². The molecule has 2 aromatic heterocycles. The molecule has 0 bridgehead atoms. The summed E-state index contributed by atoms with van der Waals surface area (Å²) in [7, 11) is 2.03.